The lowest BCUT2D eigenvalue weighted by Gasteiger charge is -2.30. The molecule has 1 heterocycles. The molecule has 2 unspecified atom stereocenters. The van der Waals surface area contributed by atoms with Gasteiger partial charge in [-0.15, -0.1) is 0 Å². The molecule has 0 radical (unpaired) electrons. The average molecular weight is 198 g/mol. The van der Waals surface area contributed by atoms with Crippen molar-refractivity contribution < 1.29 is 9.59 Å². The highest BCUT2D eigenvalue weighted by Crippen LogP contribution is 2.28. The van der Waals surface area contributed by atoms with E-state index >= 15 is 0 Å². The van der Waals surface area contributed by atoms with E-state index < -0.39 is 0 Å². The zero-order valence-corrected chi connectivity index (χ0v) is 8.75. The Morgan fingerprint density at radius 3 is 2.64 bits per heavy atom. The molecule has 14 heavy (non-hydrogen) atoms. The van der Waals surface area contributed by atoms with Gasteiger partial charge in [-0.05, 0) is 18.3 Å². The van der Waals surface area contributed by atoms with Gasteiger partial charge < -0.3 is 11.1 Å². The molecule has 0 aromatic heterocycles. The second kappa shape index (κ2) is 4.44. The molecule has 0 saturated carbocycles. The lowest BCUT2D eigenvalue weighted by atomic mass is 9.78. The standard InChI is InChI=1S/C10H18N2O2/c1-6(2)9(10(11)14)7-3-4-12-8(13)5-7/h6-7,9H,3-5H2,1-2H3,(H2,11,14)(H,12,13). The minimum absolute atomic E-state index is 0.0353. The van der Waals surface area contributed by atoms with Crippen LogP contribution in [0.15, 0.2) is 0 Å². The summed E-state index contributed by atoms with van der Waals surface area (Å²) in [7, 11) is 0. The maximum absolute atomic E-state index is 11.2. The minimum atomic E-state index is -0.278. The number of nitrogens with one attached hydrogen (secondary N) is 1. The Kier molecular flexibility index (Phi) is 3.49. The van der Waals surface area contributed by atoms with Gasteiger partial charge in [0.15, 0.2) is 0 Å². The molecule has 2 amide bonds. The monoisotopic (exact) mass is 198 g/mol. The van der Waals surface area contributed by atoms with E-state index in [1.165, 1.54) is 0 Å². The number of hydrogen-bond donors (Lipinski definition) is 2. The highest BCUT2D eigenvalue weighted by molar-refractivity contribution is 5.80. The third-order valence-corrected chi connectivity index (χ3v) is 2.84. The largest absolute Gasteiger partial charge is 0.369 e. The van der Waals surface area contributed by atoms with Gasteiger partial charge in [0.05, 0.1) is 0 Å². The first-order valence-electron chi connectivity index (χ1n) is 5.08. The molecule has 2 atom stereocenters. The molecule has 0 aromatic carbocycles. The number of nitrogens with two attached hydrogens (primary N) is 1. The van der Waals surface area contributed by atoms with E-state index in [2.05, 4.69) is 5.32 Å². The predicted molar refractivity (Wildman–Crippen MR) is 53.3 cm³/mol. The SMILES string of the molecule is CC(C)C(C(N)=O)C1CCNC(=O)C1. The first-order chi connectivity index (χ1) is 6.52. The normalized spacial score (nSPS) is 24.5. The Balaban J connectivity index is 2.67. The van der Waals surface area contributed by atoms with Gasteiger partial charge in [0, 0.05) is 18.9 Å². The van der Waals surface area contributed by atoms with Gasteiger partial charge in [0.1, 0.15) is 0 Å². The van der Waals surface area contributed by atoms with Crippen LogP contribution in [0.1, 0.15) is 26.7 Å². The summed E-state index contributed by atoms with van der Waals surface area (Å²) in [5.74, 6) is -0.0708. The summed E-state index contributed by atoms with van der Waals surface area (Å²) in [4.78, 5) is 22.4. The van der Waals surface area contributed by atoms with Crippen LogP contribution in [-0.4, -0.2) is 18.4 Å². The molecule has 3 N–H and O–H groups in total. The lowest BCUT2D eigenvalue weighted by Crippen LogP contribution is -2.42. The average Bonchev–Trinajstić information content (AvgIpc) is 2.02. The predicted octanol–water partition coefficient (Wildman–Crippen LogP) is 0.270. The van der Waals surface area contributed by atoms with Crippen LogP contribution in [-0.2, 0) is 9.59 Å². The van der Waals surface area contributed by atoms with Crippen molar-refractivity contribution in [3.63, 3.8) is 0 Å². The second-order valence-corrected chi connectivity index (χ2v) is 4.28. The molecule has 4 nitrogen and oxygen atoms in total. The van der Waals surface area contributed by atoms with Gasteiger partial charge in [-0.3, -0.25) is 9.59 Å². The molecule has 1 aliphatic rings. The van der Waals surface area contributed by atoms with E-state index in [1.807, 2.05) is 13.8 Å². The first kappa shape index (κ1) is 11.0. The Labute approximate surface area is 84.2 Å². The fraction of sp³-hybridized carbons (Fsp3) is 0.800. The van der Waals surface area contributed by atoms with Crippen molar-refractivity contribution in [3.05, 3.63) is 0 Å². The quantitative estimate of drug-likeness (QED) is 0.683. The van der Waals surface area contributed by atoms with Crippen molar-refractivity contribution in [2.75, 3.05) is 6.54 Å². The molecule has 0 aliphatic carbocycles. The van der Waals surface area contributed by atoms with Gasteiger partial charge >= 0.3 is 0 Å². The van der Waals surface area contributed by atoms with Gasteiger partial charge in [0.25, 0.3) is 0 Å². The summed E-state index contributed by atoms with van der Waals surface area (Å²) in [6.45, 7) is 4.61. The molecule has 1 saturated heterocycles. The van der Waals surface area contributed by atoms with E-state index in [0.717, 1.165) is 6.42 Å². The number of carbonyl (C=O) groups excluding carboxylic acids is 2. The number of carbonyl (C=O) groups is 2. The topological polar surface area (TPSA) is 72.2 Å². The van der Waals surface area contributed by atoms with Crippen LogP contribution >= 0.6 is 0 Å². The van der Waals surface area contributed by atoms with E-state index in [9.17, 15) is 9.59 Å². The van der Waals surface area contributed by atoms with E-state index in [0.29, 0.717) is 13.0 Å². The van der Waals surface area contributed by atoms with Crippen LogP contribution in [0.3, 0.4) is 0 Å². The number of hydrogen-bond acceptors (Lipinski definition) is 2. The Morgan fingerprint density at radius 2 is 2.21 bits per heavy atom. The number of amides is 2. The summed E-state index contributed by atoms with van der Waals surface area (Å²) >= 11 is 0. The Morgan fingerprint density at radius 1 is 1.57 bits per heavy atom. The van der Waals surface area contributed by atoms with Gasteiger partial charge in [-0.1, -0.05) is 13.8 Å². The summed E-state index contributed by atoms with van der Waals surface area (Å²) in [6, 6.07) is 0. The Bertz CT molecular complexity index is 238. The van der Waals surface area contributed by atoms with Crippen LogP contribution < -0.4 is 11.1 Å². The zero-order chi connectivity index (χ0) is 10.7. The molecule has 1 aliphatic heterocycles. The van der Waals surface area contributed by atoms with Crippen LogP contribution in [0.2, 0.25) is 0 Å². The molecule has 1 rings (SSSR count). The number of primary amides is 1. The highest BCUT2D eigenvalue weighted by atomic mass is 16.2. The Hall–Kier alpha value is -1.06. The zero-order valence-electron chi connectivity index (χ0n) is 8.75. The van der Waals surface area contributed by atoms with Gasteiger partial charge in [-0.25, -0.2) is 0 Å². The minimum Gasteiger partial charge on any atom is -0.369 e. The van der Waals surface area contributed by atoms with Gasteiger partial charge in [0.2, 0.25) is 11.8 Å². The molecule has 1 fully saturated rings. The summed E-state index contributed by atoms with van der Waals surface area (Å²) in [5.41, 5.74) is 5.34. The van der Waals surface area contributed by atoms with E-state index in [1.54, 1.807) is 0 Å². The van der Waals surface area contributed by atoms with Crippen LogP contribution in [0.25, 0.3) is 0 Å². The summed E-state index contributed by atoms with van der Waals surface area (Å²) in [6.07, 6.45) is 1.29. The van der Waals surface area contributed by atoms with Crippen molar-refractivity contribution in [2.45, 2.75) is 26.7 Å². The van der Waals surface area contributed by atoms with Crippen molar-refractivity contribution in [1.29, 1.82) is 0 Å². The third-order valence-electron chi connectivity index (χ3n) is 2.84. The molecular formula is C10H18N2O2. The van der Waals surface area contributed by atoms with E-state index in [4.69, 9.17) is 5.73 Å². The molecule has 80 valence electrons. The van der Waals surface area contributed by atoms with Crippen LogP contribution in [0.4, 0.5) is 0 Å². The van der Waals surface area contributed by atoms with E-state index in [-0.39, 0.29) is 29.6 Å². The molecule has 4 heteroatoms. The van der Waals surface area contributed by atoms with Crippen LogP contribution in [0.5, 0.6) is 0 Å². The highest BCUT2D eigenvalue weighted by Gasteiger charge is 2.32. The van der Waals surface area contributed by atoms with Crippen LogP contribution in [0, 0.1) is 17.8 Å². The van der Waals surface area contributed by atoms with Crippen molar-refractivity contribution in [1.82, 2.24) is 5.32 Å². The summed E-state index contributed by atoms with van der Waals surface area (Å²) < 4.78 is 0. The molecule has 0 aromatic rings. The maximum atomic E-state index is 11.2. The summed E-state index contributed by atoms with van der Waals surface area (Å²) in [5, 5.41) is 2.75. The third kappa shape index (κ3) is 2.47. The fourth-order valence-corrected chi connectivity index (χ4v) is 2.22. The first-order valence-corrected chi connectivity index (χ1v) is 5.08. The van der Waals surface area contributed by atoms with Gasteiger partial charge in [-0.2, -0.15) is 0 Å². The maximum Gasteiger partial charge on any atom is 0.221 e. The molecule has 0 spiro atoms. The fourth-order valence-electron chi connectivity index (χ4n) is 2.22. The van der Waals surface area contributed by atoms with Crippen molar-refractivity contribution in [3.8, 4) is 0 Å². The second-order valence-electron chi connectivity index (χ2n) is 4.28. The lowest BCUT2D eigenvalue weighted by molar-refractivity contribution is -0.128. The smallest absolute Gasteiger partial charge is 0.221 e. The number of piperidine rings is 1. The van der Waals surface area contributed by atoms with Crippen molar-refractivity contribution >= 4 is 11.8 Å². The molecule has 0 bridgehead atoms. The van der Waals surface area contributed by atoms with Crippen molar-refractivity contribution in [2.24, 2.45) is 23.5 Å². The number of rotatable bonds is 3. The molecular weight excluding hydrogens is 180 g/mol.